The van der Waals surface area contributed by atoms with E-state index in [4.69, 9.17) is 4.74 Å². The molecule has 0 radical (unpaired) electrons. The maximum absolute atomic E-state index is 5.21. The number of guanidine groups is 1. The number of aryl methyl sites for hydroxylation is 1. The Kier molecular flexibility index (Phi) is 8.41. The lowest BCUT2D eigenvalue weighted by molar-refractivity contribution is 0.414. The monoisotopic (exact) mass is 374 g/mol. The average Bonchev–Trinajstić information content (AvgIpc) is 3.14. The normalized spacial score (nSPS) is 12.7. The third-order valence-electron chi connectivity index (χ3n) is 4.35. The summed E-state index contributed by atoms with van der Waals surface area (Å²) in [5.41, 5.74) is 2.48. The van der Waals surface area contributed by atoms with Crippen LogP contribution in [0.15, 0.2) is 34.6 Å². The van der Waals surface area contributed by atoms with E-state index in [1.165, 1.54) is 10.6 Å². The molecular weight excluding hydrogens is 344 g/mol. The van der Waals surface area contributed by atoms with Crippen molar-refractivity contribution in [3.05, 3.63) is 45.9 Å². The quantitative estimate of drug-likeness (QED) is 0.520. The second-order valence-electron chi connectivity index (χ2n) is 6.22. The first-order valence-corrected chi connectivity index (χ1v) is 10.1. The van der Waals surface area contributed by atoms with Gasteiger partial charge in [-0.15, -0.1) is 11.3 Å². The van der Waals surface area contributed by atoms with Crippen LogP contribution >= 0.6 is 11.3 Å². The first-order chi connectivity index (χ1) is 12.7. The topological polar surface area (TPSA) is 58.5 Å². The fourth-order valence-electron chi connectivity index (χ4n) is 2.66. The van der Waals surface area contributed by atoms with Crippen LogP contribution in [0, 0.1) is 0 Å². The smallest absolute Gasteiger partial charge is 0.190 e. The van der Waals surface area contributed by atoms with Gasteiger partial charge in [0.2, 0.25) is 0 Å². The van der Waals surface area contributed by atoms with Crippen molar-refractivity contribution in [2.45, 2.75) is 39.0 Å². The second-order valence-corrected chi connectivity index (χ2v) is 7.17. The van der Waals surface area contributed by atoms with Crippen LogP contribution in [0.3, 0.4) is 0 Å². The Bertz CT molecular complexity index is 681. The van der Waals surface area contributed by atoms with Crippen LogP contribution in [0.5, 0.6) is 5.75 Å². The van der Waals surface area contributed by atoms with Crippen molar-refractivity contribution < 1.29 is 4.74 Å². The molecule has 142 valence electrons. The van der Waals surface area contributed by atoms with E-state index in [0.717, 1.165) is 49.8 Å². The van der Waals surface area contributed by atoms with Crippen molar-refractivity contribution in [1.29, 1.82) is 0 Å². The van der Waals surface area contributed by atoms with Crippen molar-refractivity contribution >= 4 is 17.3 Å². The van der Waals surface area contributed by atoms with E-state index in [-0.39, 0.29) is 0 Å². The van der Waals surface area contributed by atoms with Crippen LogP contribution in [0.4, 0.5) is 0 Å². The van der Waals surface area contributed by atoms with E-state index in [9.17, 15) is 0 Å². The van der Waals surface area contributed by atoms with E-state index < -0.39 is 0 Å². The molecule has 5 nitrogen and oxygen atoms in total. The molecule has 2 N–H and O–H groups in total. The van der Waals surface area contributed by atoms with E-state index >= 15 is 0 Å². The lowest BCUT2D eigenvalue weighted by atomic mass is 9.98. The number of aliphatic imine (C=N–C) groups is 1. The number of methoxy groups -OCH3 is 1. The van der Waals surface area contributed by atoms with Gasteiger partial charge in [-0.1, -0.05) is 26.0 Å². The molecule has 1 aromatic heterocycles. The Morgan fingerprint density at radius 2 is 1.96 bits per heavy atom. The molecule has 0 fully saturated rings. The number of nitrogens with zero attached hydrogens (tertiary/aromatic N) is 2. The fourth-order valence-corrected chi connectivity index (χ4v) is 3.44. The van der Waals surface area contributed by atoms with Crippen molar-refractivity contribution in [3.8, 4) is 5.75 Å². The Balaban J connectivity index is 1.69. The van der Waals surface area contributed by atoms with Crippen LogP contribution in [0.1, 0.15) is 42.5 Å². The van der Waals surface area contributed by atoms with Gasteiger partial charge in [-0.2, -0.15) is 0 Å². The first kappa shape index (κ1) is 20.2. The number of ether oxygens (including phenoxy) is 1. The fraction of sp³-hybridized carbons (Fsp3) is 0.500. The molecule has 0 aliphatic rings. The van der Waals surface area contributed by atoms with E-state index in [1.54, 1.807) is 25.5 Å². The van der Waals surface area contributed by atoms with E-state index in [2.05, 4.69) is 52.0 Å². The van der Waals surface area contributed by atoms with Gasteiger partial charge in [0.1, 0.15) is 5.75 Å². The molecule has 0 amide bonds. The zero-order valence-corrected chi connectivity index (χ0v) is 17.0. The Labute approximate surface area is 160 Å². The third-order valence-corrected chi connectivity index (χ3v) is 5.40. The molecule has 0 saturated heterocycles. The summed E-state index contributed by atoms with van der Waals surface area (Å²) in [6, 6.07) is 8.30. The molecule has 6 heteroatoms. The van der Waals surface area contributed by atoms with Crippen LogP contribution in [0.25, 0.3) is 0 Å². The Hall–Kier alpha value is -2.08. The molecule has 1 heterocycles. The highest BCUT2D eigenvalue weighted by molar-refractivity contribution is 7.09. The highest BCUT2D eigenvalue weighted by Crippen LogP contribution is 2.21. The molecule has 0 bridgehead atoms. The number of thiazole rings is 1. The van der Waals surface area contributed by atoms with Gasteiger partial charge in [0.15, 0.2) is 5.96 Å². The summed E-state index contributed by atoms with van der Waals surface area (Å²) in [5, 5.41) is 10.1. The van der Waals surface area contributed by atoms with Gasteiger partial charge in [0, 0.05) is 31.9 Å². The minimum atomic E-state index is 0.481. The molecule has 1 unspecified atom stereocenters. The molecule has 1 atom stereocenters. The van der Waals surface area contributed by atoms with Crippen LogP contribution in [-0.4, -0.2) is 38.2 Å². The molecule has 0 spiro atoms. The molecule has 0 aliphatic carbocycles. The number of rotatable bonds is 9. The van der Waals surface area contributed by atoms with Gasteiger partial charge in [-0.3, -0.25) is 4.99 Å². The number of hydrogen-bond acceptors (Lipinski definition) is 4. The SMILES string of the molecule is CCc1nc(CCNC(=NC)NCCC(C)c2ccc(OC)cc2)cs1. The summed E-state index contributed by atoms with van der Waals surface area (Å²) in [4.78, 5) is 8.88. The summed E-state index contributed by atoms with van der Waals surface area (Å²) in [7, 11) is 3.50. The van der Waals surface area contributed by atoms with Crippen LogP contribution in [0.2, 0.25) is 0 Å². The van der Waals surface area contributed by atoms with Gasteiger partial charge in [-0.25, -0.2) is 4.98 Å². The zero-order chi connectivity index (χ0) is 18.8. The summed E-state index contributed by atoms with van der Waals surface area (Å²) < 4.78 is 5.21. The summed E-state index contributed by atoms with van der Waals surface area (Å²) in [6.07, 6.45) is 2.96. The molecule has 0 aliphatic heterocycles. The first-order valence-electron chi connectivity index (χ1n) is 9.18. The predicted molar refractivity (Wildman–Crippen MR) is 111 cm³/mol. The Morgan fingerprint density at radius 3 is 2.58 bits per heavy atom. The summed E-state index contributed by atoms with van der Waals surface area (Å²) in [5.74, 6) is 2.22. The van der Waals surface area contributed by atoms with Gasteiger partial charge in [0.25, 0.3) is 0 Å². The molecule has 2 aromatic rings. The summed E-state index contributed by atoms with van der Waals surface area (Å²) in [6.45, 7) is 6.09. The number of nitrogens with one attached hydrogen (secondary N) is 2. The number of hydrogen-bond donors (Lipinski definition) is 2. The lowest BCUT2D eigenvalue weighted by Gasteiger charge is -2.15. The van der Waals surface area contributed by atoms with Crippen molar-refractivity contribution in [2.75, 3.05) is 27.2 Å². The zero-order valence-electron chi connectivity index (χ0n) is 16.2. The lowest BCUT2D eigenvalue weighted by Crippen LogP contribution is -2.39. The number of benzene rings is 1. The van der Waals surface area contributed by atoms with Gasteiger partial charge in [0.05, 0.1) is 17.8 Å². The summed E-state index contributed by atoms with van der Waals surface area (Å²) >= 11 is 1.74. The molecular formula is C20H30N4OS. The average molecular weight is 375 g/mol. The molecule has 2 rings (SSSR count). The minimum absolute atomic E-state index is 0.481. The highest BCUT2D eigenvalue weighted by atomic mass is 32.1. The van der Waals surface area contributed by atoms with Crippen LogP contribution in [-0.2, 0) is 12.8 Å². The van der Waals surface area contributed by atoms with E-state index in [0.29, 0.717) is 5.92 Å². The van der Waals surface area contributed by atoms with Gasteiger partial charge >= 0.3 is 0 Å². The standard InChI is InChI=1S/C20H30N4OS/c1-5-19-24-17(14-26-19)11-13-23-20(21-3)22-12-10-15(2)16-6-8-18(25-4)9-7-16/h6-9,14-15H,5,10-13H2,1-4H3,(H2,21,22,23). The highest BCUT2D eigenvalue weighted by Gasteiger charge is 2.07. The van der Waals surface area contributed by atoms with Gasteiger partial charge in [-0.05, 0) is 36.5 Å². The van der Waals surface area contributed by atoms with E-state index in [1.807, 2.05) is 12.1 Å². The predicted octanol–water partition coefficient (Wildman–Crippen LogP) is 3.62. The van der Waals surface area contributed by atoms with Crippen molar-refractivity contribution in [3.63, 3.8) is 0 Å². The second kappa shape index (κ2) is 10.8. The largest absolute Gasteiger partial charge is 0.497 e. The minimum Gasteiger partial charge on any atom is -0.497 e. The number of aromatic nitrogens is 1. The molecule has 1 aromatic carbocycles. The maximum Gasteiger partial charge on any atom is 0.190 e. The third kappa shape index (κ3) is 6.33. The maximum atomic E-state index is 5.21. The molecule has 0 saturated carbocycles. The van der Waals surface area contributed by atoms with Crippen LogP contribution < -0.4 is 15.4 Å². The van der Waals surface area contributed by atoms with Gasteiger partial charge < -0.3 is 15.4 Å². The Morgan fingerprint density at radius 1 is 1.23 bits per heavy atom. The molecule has 26 heavy (non-hydrogen) atoms. The van der Waals surface area contributed by atoms with Crippen molar-refractivity contribution in [1.82, 2.24) is 15.6 Å². The van der Waals surface area contributed by atoms with Crippen molar-refractivity contribution in [2.24, 2.45) is 4.99 Å².